The Morgan fingerprint density at radius 1 is 0.452 bits per heavy atom. The molecule has 0 unspecified atom stereocenters. The van der Waals surface area contributed by atoms with Gasteiger partial charge in [-0.05, 0) is 88.8 Å². The van der Waals surface area contributed by atoms with Crippen molar-refractivity contribution in [3.8, 4) is 27.9 Å². The molecule has 0 N–H and O–H groups in total. The Bertz CT molecular complexity index is 2290. The van der Waals surface area contributed by atoms with Crippen molar-refractivity contribution in [3.63, 3.8) is 0 Å². The van der Waals surface area contributed by atoms with Crippen molar-refractivity contribution in [2.45, 2.75) is 0 Å². The standard InChI is InChI=1S/C37H23N5/c1-3-25-4-2-6-34-37(25)29(5-1)31-22-32-30-21-26(24-9-15-38-16-10-24)7-8-33(30)41(27-11-17-39-18-12-27)36(32)23-35(31)42(34)28-13-19-40-20-14-28/h1-23H. The van der Waals surface area contributed by atoms with Gasteiger partial charge in [0, 0.05) is 70.3 Å². The first kappa shape index (κ1) is 22.9. The summed E-state index contributed by atoms with van der Waals surface area (Å²) in [7, 11) is 0. The number of aromatic nitrogens is 4. The molecule has 4 aromatic heterocycles. The molecular formula is C37H23N5. The fourth-order valence-electron chi connectivity index (χ4n) is 6.58. The Kier molecular flexibility index (Phi) is 4.83. The topological polar surface area (TPSA) is 46.8 Å². The summed E-state index contributed by atoms with van der Waals surface area (Å²) in [5.41, 5.74) is 11.6. The molecule has 0 spiro atoms. The highest BCUT2D eigenvalue weighted by molar-refractivity contribution is 6.19. The minimum atomic E-state index is 1.08. The average Bonchev–Trinajstić information content (AvgIpc) is 3.38. The van der Waals surface area contributed by atoms with Crippen molar-refractivity contribution in [1.29, 1.82) is 0 Å². The predicted octanol–water partition coefficient (Wildman–Crippen LogP) is 9.24. The van der Waals surface area contributed by atoms with E-state index in [1.807, 2.05) is 37.2 Å². The lowest BCUT2D eigenvalue weighted by atomic mass is 9.89. The van der Waals surface area contributed by atoms with Crippen LogP contribution in [0.15, 0.2) is 140 Å². The van der Waals surface area contributed by atoms with Gasteiger partial charge in [0.2, 0.25) is 0 Å². The smallest absolute Gasteiger partial charge is 0.0562 e. The van der Waals surface area contributed by atoms with Crippen LogP contribution in [0.5, 0.6) is 0 Å². The number of benzene rings is 4. The number of hydrogen-bond donors (Lipinski definition) is 0. The van der Waals surface area contributed by atoms with E-state index in [0.29, 0.717) is 0 Å². The summed E-state index contributed by atoms with van der Waals surface area (Å²) >= 11 is 0. The highest BCUT2D eigenvalue weighted by Gasteiger charge is 2.28. The second-order valence-corrected chi connectivity index (χ2v) is 10.6. The fraction of sp³-hybridized carbons (Fsp3) is 0. The van der Waals surface area contributed by atoms with Gasteiger partial charge in [0.1, 0.15) is 0 Å². The summed E-state index contributed by atoms with van der Waals surface area (Å²) in [6.45, 7) is 0. The van der Waals surface area contributed by atoms with Crippen LogP contribution in [0.4, 0.5) is 17.1 Å². The number of fused-ring (bicyclic) bond motifs is 5. The number of pyridine rings is 3. The molecule has 1 aliphatic rings. The van der Waals surface area contributed by atoms with Crippen LogP contribution in [-0.4, -0.2) is 19.5 Å². The minimum absolute atomic E-state index is 1.08. The van der Waals surface area contributed by atoms with E-state index in [0.717, 1.165) is 33.7 Å². The van der Waals surface area contributed by atoms with Gasteiger partial charge >= 0.3 is 0 Å². The van der Waals surface area contributed by atoms with Crippen LogP contribution in [0.3, 0.4) is 0 Å². The number of rotatable bonds is 3. The number of anilines is 3. The Labute approximate surface area is 242 Å². The quantitative estimate of drug-likeness (QED) is 0.225. The molecule has 0 amide bonds. The molecule has 0 saturated heterocycles. The first-order valence-electron chi connectivity index (χ1n) is 14.0. The SMILES string of the molecule is c1cc2c3c(cccc3c1)N(c1ccncc1)c1cc3c(cc1-2)c1cc(-c2ccncc2)ccc1n3-c1ccncc1. The van der Waals surface area contributed by atoms with E-state index in [9.17, 15) is 0 Å². The molecule has 4 aromatic carbocycles. The van der Waals surface area contributed by atoms with Gasteiger partial charge in [0.15, 0.2) is 0 Å². The molecule has 0 bridgehead atoms. The molecule has 0 fully saturated rings. The van der Waals surface area contributed by atoms with E-state index in [1.54, 1.807) is 0 Å². The fourth-order valence-corrected chi connectivity index (χ4v) is 6.58. The maximum Gasteiger partial charge on any atom is 0.0562 e. The van der Waals surface area contributed by atoms with Crippen molar-refractivity contribution in [1.82, 2.24) is 19.5 Å². The molecule has 0 atom stereocenters. The molecule has 42 heavy (non-hydrogen) atoms. The van der Waals surface area contributed by atoms with Crippen molar-refractivity contribution in [2.75, 3.05) is 4.90 Å². The highest BCUT2D eigenvalue weighted by Crippen LogP contribution is 2.52. The zero-order valence-electron chi connectivity index (χ0n) is 22.5. The van der Waals surface area contributed by atoms with Gasteiger partial charge in [0.25, 0.3) is 0 Å². The molecule has 5 heterocycles. The molecule has 0 aliphatic carbocycles. The van der Waals surface area contributed by atoms with Crippen molar-refractivity contribution in [2.24, 2.45) is 0 Å². The maximum atomic E-state index is 4.31. The summed E-state index contributed by atoms with van der Waals surface area (Å²) in [5, 5.41) is 4.91. The van der Waals surface area contributed by atoms with Gasteiger partial charge in [-0.1, -0.05) is 36.4 Å². The molecule has 0 saturated carbocycles. The maximum absolute atomic E-state index is 4.31. The number of hydrogen-bond acceptors (Lipinski definition) is 4. The van der Waals surface area contributed by atoms with E-state index in [1.165, 1.54) is 43.9 Å². The van der Waals surface area contributed by atoms with Crippen molar-refractivity contribution >= 4 is 49.6 Å². The lowest BCUT2D eigenvalue weighted by Crippen LogP contribution is -2.15. The summed E-state index contributed by atoms with van der Waals surface area (Å²) in [5.74, 6) is 0. The molecule has 8 aromatic rings. The second-order valence-electron chi connectivity index (χ2n) is 10.6. The van der Waals surface area contributed by atoms with Gasteiger partial charge in [-0.3, -0.25) is 15.0 Å². The number of nitrogens with zero attached hydrogens (tertiary/aromatic N) is 5. The first-order valence-corrected chi connectivity index (χ1v) is 14.0. The molecule has 5 nitrogen and oxygen atoms in total. The van der Waals surface area contributed by atoms with Gasteiger partial charge in [-0.2, -0.15) is 0 Å². The predicted molar refractivity (Wildman–Crippen MR) is 171 cm³/mol. The van der Waals surface area contributed by atoms with Crippen LogP contribution in [-0.2, 0) is 0 Å². The molecule has 196 valence electrons. The summed E-state index contributed by atoms with van der Waals surface area (Å²) < 4.78 is 2.36. The third kappa shape index (κ3) is 3.28. The third-order valence-electron chi connectivity index (χ3n) is 8.39. The van der Waals surface area contributed by atoms with Gasteiger partial charge in [-0.25, -0.2) is 0 Å². The van der Waals surface area contributed by atoms with Gasteiger partial charge in [-0.15, -0.1) is 0 Å². The Morgan fingerprint density at radius 3 is 1.88 bits per heavy atom. The molecule has 0 radical (unpaired) electrons. The molecule has 5 heteroatoms. The van der Waals surface area contributed by atoms with E-state index in [4.69, 9.17) is 0 Å². The monoisotopic (exact) mass is 537 g/mol. The van der Waals surface area contributed by atoms with E-state index >= 15 is 0 Å². The normalized spacial score (nSPS) is 12.2. The Morgan fingerprint density at radius 2 is 1.12 bits per heavy atom. The zero-order valence-corrected chi connectivity index (χ0v) is 22.5. The largest absolute Gasteiger partial charge is 0.309 e. The summed E-state index contributed by atoms with van der Waals surface area (Å²) in [6, 6.07) is 37.1. The second kappa shape index (κ2) is 8.85. The minimum Gasteiger partial charge on any atom is -0.309 e. The van der Waals surface area contributed by atoms with Gasteiger partial charge < -0.3 is 9.47 Å². The van der Waals surface area contributed by atoms with Crippen LogP contribution in [0.25, 0.3) is 60.5 Å². The lowest BCUT2D eigenvalue weighted by molar-refractivity contribution is 1.15. The van der Waals surface area contributed by atoms with Crippen LogP contribution in [0, 0.1) is 0 Å². The average molecular weight is 538 g/mol. The van der Waals surface area contributed by atoms with Crippen LogP contribution >= 0.6 is 0 Å². The molecule has 9 rings (SSSR count). The lowest BCUT2D eigenvalue weighted by Gasteiger charge is -2.33. The van der Waals surface area contributed by atoms with Crippen LogP contribution in [0.2, 0.25) is 0 Å². The van der Waals surface area contributed by atoms with Crippen molar-refractivity contribution < 1.29 is 0 Å². The first-order chi connectivity index (χ1) is 20.8. The zero-order chi connectivity index (χ0) is 27.6. The van der Waals surface area contributed by atoms with E-state index in [2.05, 4.69) is 128 Å². The summed E-state index contributed by atoms with van der Waals surface area (Å²) in [6.07, 6.45) is 11.1. The molecular weight excluding hydrogens is 514 g/mol. The van der Waals surface area contributed by atoms with Crippen LogP contribution in [0.1, 0.15) is 0 Å². The van der Waals surface area contributed by atoms with Gasteiger partial charge in [0.05, 0.1) is 22.4 Å². The van der Waals surface area contributed by atoms with E-state index < -0.39 is 0 Å². The summed E-state index contributed by atoms with van der Waals surface area (Å²) in [4.78, 5) is 15.2. The van der Waals surface area contributed by atoms with Crippen molar-refractivity contribution in [3.05, 3.63) is 140 Å². The Hall–Kier alpha value is -5.81. The van der Waals surface area contributed by atoms with Crippen LogP contribution < -0.4 is 4.90 Å². The highest BCUT2D eigenvalue weighted by atomic mass is 15.2. The Balaban J connectivity index is 1.43. The third-order valence-corrected chi connectivity index (χ3v) is 8.39. The van der Waals surface area contributed by atoms with E-state index in [-0.39, 0.29) is 0 Å². The molecule has 1 aliphatic heterocycles.